The van der Waals surface area contributed by atoms with Crippen LogP contribution in [0.1, 0.15) is 6.92 Å². The van der Waals surface area contributed by atoms with Crippen LogP contribution in [0.15, 0.2) is 35.0 Å². The Labute approximate surface area is 104 Å². The van der Waals surface area contributed by atoms with E-state index in [2.05, 4.69) is 0 Å². The van der Waals surface area contributed by atoms with Crippen molar-refractivity contribution >= 4 is 11.3 Å². The van der Waals surface area contributed by atoms with Crippen LogP contribution in [0, 0.1) is 5.82 Å². The van der Waals surface area contributed by atoms with Crippen molar-refractivity contribution in [3.05, 3.63) is 40.8 Å². The minimum absolute atomic E-state index is 0.235. The van der Waals surface area contributed by atoms with Gasteiger partial charge in [0.15, 0.2) is 6.79 Å². The average molecular weight is 252 g/mol. The highest BCUT2D eigenvalue weighted by Crippen LogP contribution is 2.33. The Morgan fingerprint density at radius 3 is 2.65 bits per heavy atom. The van der Waals surface area contributed by atoms with Crippen molar-refractivity contribution in [2.45, 2.75) is 6.92 Å². The minimum atomic E-state index is -0.235. The van der Waals surface area contributed by atoms with Crippen molar-refractivity contribution in [2.24, 2.45) is 0 Å². The summed E-state index contributed by atoms with van der Waals surface area (Å²) in [5.41, 5.74) is 1.91. The Balaban J connectivity index is 2.15. The van der Waals surface area contributed by atoms with Gasteiger partial charge >= 0.3 is 0 Å². The van der Waals surface area contributed by atoms with E-state index in [1.165, 1.54) is 12.1 Å². The second-order valence-corrected chi connectivity index (χ2v) is 4.16. The largest absolute Gasteiger partial charge is 0.466 e. The monoisotopic (exact) mass is 252 g/mol. The number of halogens is 1. The summed E-state index contributed by atoms with van der Waals surface area (Å²) in [6, 6.07) is 6.37. The average Bonchev–Trinajstić information content (AvgIpc) is 2.79. The molecule has 0 bridgehead atoms. The number of hydrogen-bond donors (Lipinski definition) is 0. The molecule has 0 fully saturated rings. The zero-order chi connectivity index (χ0) is 12.1. The second kappa shape index (κ2) is 5.80. The minimum Gasteiger partial charge on any atom is -0.466 e. The molecule has 2 aromatic rings. The van der Waals surface area contributed by atoms with E-state index in [-0.39, 0.29) is 12.6 Å². The van der Waals surface area contributed by atoms with E-state index in [0.29, 0.717) is 6.61 Å². The normalized spacial score (nSPS) is 10.5. The van der Waals surface area contributed by atoms with Gasteiger partial charge in [0.05, 0.1) is 0 Å². The molecule has 0 N–H and O–H groups in total. The first-order valence-electron chi connectivity index (χ1n) is 5.34. The van der Waals surface area contributed by atoms with Crippen LogP contribution in [0.4, 0.5) is 4.39 Å². The molecule has 0 aliphatic heterocycles. The van der Waals surface area contributed by atoms with Crippen LogP contribution in [-0.4, -0.2) is 13.4 Å². The zero-order valence-corrected chi connectivity index (χ0v) is 10.3. The summed E-state index contributed by atoms with van der Waals surface area (Å²) >= 11 is 1.55. The van der Waals surface area contributed by atoms with Crippen molar-refractivity contribution in [1.29, 1.82) is 0 Å². The molecule has 2 nitrogen and oxygen atoms in total. The van der Waals surface area contributed by atoms with Gasteiger partial charge in [-0.15, -0.1) is 11.3 Å². The molecule has 0 unspecified atom stereocenters. The number of ether oxygens (including phenoxy) is 2. The first-order valence-corrected chi connectivity index (χ1v) is 6.28. The summed E-state index contributed by atoms with van der Waals surface area (Å²) in [4.78, 5) is 0. The van der Waals surface area contributed by atoms with Crippen molar-refractivity contribution < 1.29 is 13.9 Å². The van der Waals surface area contributed by atoms with E-state index < -0.39 is 0 Å². The number of thiophene rings is 1. The maximum absolute atomic E-state index is 12.8. The Hall–Kier alpha value is -1.39. The summed E-state index contributed by atoms with van der Waals surface area (Å²) in [6.45, 7) is 2.77. The fourth-order valence-corrected chi connectivity index (χ4v) is 2.20. The maximum Gasteiger partial charge on any atom is 0.189 e. The van der Waals surface area contributed by atoms with E-state index in [1.807, 2.05) is 17.7 Å². The molecule has 2 rings (SSSR count). The molecule has 0 aliphatic carbocycles. The molecule has 0 amide bonds. The van der Waals surface area contributed by atoms with Crippen LogP contribution in [0.5, 0.6) is 5.75 Å². The number of rotatable bonds is 5. The van der Waals surface area contributed by atoms with Gasteiger partial charge in [-0.05, 0) is 24.6 Å². The molecule has 1 heterocycles. The fourth-order valence-electron chi connectivity index (χ4n) is 1.43. The Kier molecular flexibility index (Phi) is 4.12. The van der Waals surface area contributed by atoms with Crippen LogP contribution in [0.25, 0.3) is 11.1 Å². The van der Waals surface area contributed by atoms with Crippen LogP contribution in [0.3, 0.4) is 0 Å². The fraction of sp³-hybridized carbons (Fsp3) is 0.231. The van der Waals surface area contributed by atoms with Crippen LogP contribution in [-0.2, 0) is 4.74 Å². The first-order chi connectivity index (χ1) is 8.31. The molecule has 0 radical (unpaired) electrons. The van der Waals surface area contributed by atoms with Crippen molar-refractivity contribution in [3.8, 4) is 16.9 Å². The Bertz CT molecular complexity index is 465. The molecule has 0 saturated carbocycles. The zero-order valence-electron chi connectivity index (χ0n) is 9.48. The van der Waals surface area contributed by atoms with E-state index in [4.69, 9.17) is 9.47 Å². The van der Waals surface area contributed by atoms with Crippen molar-refractivity contribution in [2.75, 3.05) is 13.4 Å². The van der Waals surface area contributed by atoms with Gasteiger partial charge in [0.25, 0.3) is 0 Å². The van der Waals surface area contributed by atoms with Crippen LogP contribution in [0.2, 0.25) is 0 Å². The summed E-state index contributed by atoms with van der Waals surface area (Å²) in [7, 11) is 0. The lowest BCUT2D eigenvalue weighted by Gasteiger charge is -2.07. The summed E-state index contributed by atoms with van der Waals surface area (Å²) in [5.74, 6) is 0.538. The maximum atomic E-state index is 12.8. The molecular formula is C13H13FO2S. The van der Waals surface area contributed by atoms with E-state index >= 15 is 0 Å². The predicted molar refractivity (Wildman–Crippen MR) is 66.8 cm³/mol. The lowest BCUT2D eigenvalue weighted by molar-refractivity contribution is 0.0230. The van der Waals surface area contributed by atoms with Gasteiger partial charge in [-0.2, -0.15) is 0 Å². The van der Waals surface area contributed by atoms with Crippen LogP contribution >= 0.6 is 11.3 Å². The van der Waals surface area contributed by atoms with E-state index in [0.717, 1.165) is 16.9 Å². The SMILES string of the molecule is CCOCOc1cscc1-c1ccc(F)cc1. The third kappa shape index (κ3) is 3.05. The number of hydrogen-bond acceptors (Lipinski definition) is 3. The van der Waals surface area contributed by atoms with Crippen molar-refractivity contribution in [1.82, 2.24) is 0 Å². The lowest BCUT2D eigenvalue weighted by atomic mass is 10.1. The molecule has 0 atom stereocenters. The van der Waals surface area contributed by atoms with Crippen molar-refractivity contribution in [3.63, 3.8) is 0 Å². The summed E-state index contributed by atoms with van der Waals surface area (Å²) in [6.07, 6.45) is 0. The third-order valence-corrected chi connectivity index (χ3v) is 3.01. The highest BCUT2D eigenvalue weighted by Gasteiger charge is 2.07. The molecular weight excluding hydrogens is 239 g/mol. The predicted octanol–water partition coefficient (Wildman–Crippen LogP) is 3.93. The lowest BCUT2D eigenvalue weighted by Crippen LogP contribution is -2.01. The molecule has 1 aromatic heterocycles. The van der Waals surface area contributed by atoms with Gasteiger partial charge in [0.2, 0.25) is 0 Å². The molecule has 90 valence electrons. The van der Waals surface area contributed by atoms with Gasteiger partial charge in [0.1, 0.15) is 11.6 Å². The third-order valence-electron chi connectivity index (χ3n) is 2.28. The first kappa shape index (κ1) is 12.1. The topological polar surface area (TPSA) is 18.5 Å². The highest BCUT2D eigenvalue weighted by molar-refractivity contribution is 7.08. The quantitative estimate of drug-likeness (QED) is 0.593. The van der Waals surface area contributed by atoms with Gasteiger partial charge in [-0.1, -0.05) is 12.1 Å². The Morgan fingerprint density at radius 2 is 1.94 bits per heavy atom. The Morgan fingerprint density at radius 1 is 1.18 bits per heavy atom. The smallest absolute Gasteiger partial charge is 0.189 e. The van der Waals surface area contributed by atoms with Crippen LogP contribution < -0.4 is 4.74 Å². The molecule has 1 aromatic carbocycles. The molecule has 4 heteroatoms. The molecule has 0 aliphatic rings. The molecule has 0 spiro atoms. The summed E-state index contributed by atoms with van der Waals surface area (Å²) < 4.78 is 23.5. The summed E-state index contributed by atoms with van der Waals surface area (Å²) in [5, 5.41) is 3.90. The molecule has 17 heavy (non-hydrogen) atoms. The second-order valence-electron chi connectivity index (χ2n) is 3.41. The molecule has 0 saturated heterocycles. The van der Waals surface area contributed by atoms with Gasteiger partial charge in [0, 0.05) is 22.9 Å². The standard InChI is InChI=1S/C13H13FO2S/c1-2-15-9-16-13-8-17-7-12(13)10-3-5-11(14)6-4-10/h3-8H,2,9H2,1H3. The number of benzene rings is 1. The van der Waals surface area contributed by atoms with Gasteiger partial charge in [-0.25, -0.2) is 4.39 Å². The van der Waals surface area contributed by atoms with Gasteiger partial charge in [-0.3, -0.25) is 0 Å². The highest BCUT2D eigenvalue weighted by atomic mass is 32.1. The van der Waals surface area contributed by atoms with E-state index in [1.54, 1.807) is 23.5 Å². The van der Waals surface area contributed by atoms with Gasteiger partial charge < -0.3 is 9.47 Å². The van der Waals surface area contributed by atoms with E-state index in [9.17, 15) is 4.39 Å².